The molecule has 0 radical (unpaired) electrons. The standard InChI is InChI=1S/C17H13BrF3N5O2/c18-11-6-7-13(12(8-11)15-23-25-26-24-15)22-14(27)9-16(28,17(19,20)21)10-4-2-1-3-5-10/h1-8,28H,9H2,(H,22,27)(H,23,24,25,26). The summed E-state index contributed by atoms with van der Waals surface area (Å²) in [5.74, 6) is -0.888. The largest absolute Gasteiger partial charge is 0.421 e. The number of aliphatic hydroxyl groups is 1. The highest BCUT2D eigenvalue weighted by atomic mass is 79.9. The number of halogens is 4. The van der Waals surface area contributed by atoms with Gasteiger partial charge in [-0.25, -0.2) is 0 Å². The van der Waals surface area contributed by atoms with Crippen LogP contribution in [0.2, 0.25) is 0 Å². The SMILES string of the molecule is O=C(CC(O)(c1ccccc1)C(F)(F)F)Nc1ccc(Br)cc1-c1nn[nH]n1. The predicted molar refractivity (Wildman–Crippen MR) is 97.0 cm³/mol. The summed E-state index contributed by atoms with van der Waals surface area (Å²) >= 11 is 3.27. The van der Waals surface area contributed by atoms with Gasteiger partial charge in [0.1, 0.15) is 0 Å². The minimum Gasteiger partial charge on any atom is -0.376 e. The van der Waals surface area contributed by atoms with Crippen molar-refractivity contribution in [3.8, 4) is 11.4 Å². The van der Waals surface area contributed by atoms with E-state index in [-0.39, 0.29) is 11.5 Å². The van der Waals surface area contributed by atoms with E-state index in [0.29, 0.717) is 10.0 Å². The topological polar surface area (TPSA) is 104 Å². The summed E-state index contributed by atoms with van der Waals surface area (Å²) in [6, 6.07) is 11.1. The number of carbonyl (C=O) groups excluding carboxylic acids is 1. The summed E-state index contributed by atoms with van der Waals surface area (Å²) in [5, 5.41) is 26.0. The summed E-state index contributed by atoms with van der Waals surface area (Å²) in [5.41, 5.74) is -3.24. The summed E-state index contributed by atoms with van der Waals surface area (Å²) in [4.78, 5) is 12.4. The number of aromatic amines is 1. The van der Waals surface area contributed by atoms with Gasteiger partial charge in [0.05, 0.1) is 12.1 Å². The molecule has 0 saturated carbocycles. The van der Waals surface area contributed by atoms with Crippen molar-refractivity contribution in [3.05, 3.63) is 58.6 Å². The molecule has 1 heterocycles. The van der Waals surface area contributed by atoms with Crippen LogP contribution in [0.15, 0.2) is 53.0 Å². The van der Waals surface area contributed by atoms with E-state index in [0.717, 1.165) is 12.1 Å². The van der Waals surface area contributed by atoms with Crippen LogP contribution in [0.25, 0.3) is 11.4 Å². The van der Waals surface area contributed by atoms with Crippen LogP contribution in [-0.2, 0) is 10.4 Å². The first-order valence-corrected chi connectivity index (χ1v) is 8.68. The van der Waals surface area contributed by atoms with Gasteiger partial charge in [0, 0.05) is 10.0 Å². The van der Waals surface area contributed by atoms with Crippen LogP contribution in [0.3, 0.4) is 0 Å². The Morgan fingerprint density at radius 3 is 2.50 bits per heavy atom. The van der Waals surface area contributed by atoms with Gasteiger partial charge in [-0.05, 0) is 29.0 Å². The lowest BCUT2D eigenvalue weighted by molar-refractivity contribution is -0.266. The number of rotatable bonds is 5. The third kappa shape index (κ3) is 4.04. The normalized spacial score (nSPS) is 13.8. The molecule has 11 heteroatoms. The summed E-state index contributed by atoms with van der Waals surface area (Å²) in [6.45, 7) is 0. The Morgan fingerprint density at radius 1 is 1.18 bits per heavy atom. The van der Waals surface area contributed by atoms with Crippen LogP contribution < -0.4 is 5.32 Å². The van der Waals surface area contributed by atoms with Gasteiger partial charge in [-0.15, -0.1) is 10.2 Å². The van der Waals surface area contributed by atoms with Crippen molar-refractivity contribution >= 4 is 27.5 Å². The first-order valence-electron chi connectivity index (χ1n) is 7.88. The Morgan fingerprint density at radius 2 is 1.89 bits per heavy atom. The van der Waals surface area contributed by atoms with E-state index in [1.807, 2.05) is 0 Å². The Bertz CT molecular complexity index is 967. The van der Waals surface area contributed by atoms with Gasteiger partial charge in [-0.3, -0.25) is 4.79 Å². The number of nitrogens with zero attached hydrogens (tertiary/aromatic N) is 3. The highest BCUT2D eigenvalue weighted by molar-refractivity contribution is 9.10. The number of H-pyrrole nitrogens is 1. The van der Waals surface area contributed by atoms with Crippen molar-refractivity contribution in [2.75, 3.05) is 5.32 Å². The second-order valence-electron chi connectivity index (χ2n) is 5.87. The zero-order valence-electron chi connectivity index (χ0n) is 14.0. The number of anilines is 1. The quantitative estimate of drug-likeness (QED) is 0.546. The van der Waals surface area contributed by atoms with E-state index in [1.54, 1.807) is 12.1 Å². The molecule has 146 valence electrons. The van der Waals surface area contributed by atoms with E-state index in [9.17, 15) is 23.1 Å². The molecular formula is C17H13BrF3N5O2. The number of nitrogens with one attached hydrogen (secondary N) is 2. The first kappa shape index (κ1) is 20.0. The number of amides is 1. The lowest BCUT2D eigenvalue weighted by Gasteiger charge is -2.30. The third-order valence-electron chi connectivity index (χ3n) is 3.98. The minimum absolute atomic E-state index is 0.144. The molecule has 2 aromatic carbocycles. The number of alkyl halides is 3. The molecule has 0 aliphatic heterocycles. The van der Waals surface area contributed by atoms with E-state index in [1.165, 1.54) is 24.3 Å². The lowest BCUT2D eigenvalue weighted by Crippen LogP contribution is -2.45. The van der Waals surface area contributed by atoms with Gasteiger partial charge >= 0.3 is 6.18 Å². The van der Waals surface area contributed by atoms with Crippen LogP contribution >= 0.6 is 15.9 Å². The van der Waals surface area contributed by atoms with Crippen LogP contribution in [0.4, 0.5) is 18.9 Å². The smallest absolute Gasteiger partial charge is 0.376 e. The average Bonchev–Trinajstić information content (AvgIpc) is 3.17. The molecule has 7 nitrogen and oxygen atoms in total. The van der Waals surface area contributed by atoms with Crippen molar-refractivity contribution in [2.45, 2.75) is 18.2 Å². The fourth-order valence-electron chi connectivity index (χ4n) is 2.59. The van der Waals surface area contributed by atoms with Gasteiger partial charge in [-0.2, -0.15) is 18.4 Å². The number of carbonyl (C=O) groups is 1. The maximum Gasteiger partial charge on any atom is 0.421 e. The average molecular weight is 456 g/mol. The number of tetrazole rings is 1. The van der Waals surface area contributed by atoms with Gasteiger partial charge in [0.15, 0.2) is 5.60 Å². The maximum absolute atomic E-state index is 13.6. The Balaban J connectivity index is 1.89. The summed E-state index contributed by atoms with van der Waals surface area (Å²) in [7, 11) is 0. The Kier molecular flexibility index (Phi) is 5.47. The van der Waals surface area contributed by atoms with Crippen molar-refractivity contribution in [3.63, 3.8) is 0 Å². The molecule has 0 fully saturated rings. The maximum atomic E-state index is 13.6. The van der Waals surface area contributed by atoms with Gasteiger partial charge in [0.25, 0.3) is 0 Å². The lowest BCUT2D eigenvalue weighted by atomic mass is 9.89. The molecule has 0 aliphatic carbocycles. The van der Waals surface area contributed by atoms with Gasteiger partial charge < -0.3 is 10.4 Å². The zero-order valence-corrected chi connectivity index (χ0v) is 15.6. The number of aromatic nitrogens is 4. The zero-order chi connectivity index (χ0) is 20.4. The summed E-state index contributed by atoms with van der Waals surface area (Å²) in [6.07, 6.45) is -6.27. The molecule has 1 aromatic heterocycles. The molecular weight excluding hydrogens is 443 g/mol. The molecule has 3 rings (SSSR count). The van der Waals surface area contributed by atoms with E-state index in [4.69, 9.17) is 0 Å². The van der Waals surface area contributed by atoms with Crippen molar-refractivity contribution in [1.29, 1.82) is 0 Å². The van der Waals surface area contributed by atoms with Crippen LogP contribution in [0, 0.1) is 0 Å². The van der Waals surface area contributed by atoms with Crippen LogP contribution in [-0.4, -0.2) is 37.8 Å². The summed E-state index contributed by atoms with van der Waals surface area (Å²) < 4.78 is 41.4. The van der Waals surface area contributed by atoms with Gasteiger partial charge in [0.2, 0.25) is 11.7 Å². The van der Waals surface area contributed by atoms with Crippen molar-refractivity contribution in [1.82, 2.24) is 20.6 Å². The van der Waals surface area contributed by atoms with E-state index < -0.39 is 29.7 Å². The number of benzene rings is 2. The second-order valence-corrected chi connectivity index (χ2v) is 6.79. The third-order valence-corrected chi connectivity index (χ3v) is 4.47. The van der Waals surface area contributed by atoms with Crippen LogP contribution in [0.1, 0.15) is 12.0 Å². The number of hydrogen-bond acceptors (Lipinski definition) is 5. The second kappa shape index (κ2) is 7.68. The molecule has 1 amide bonds. The molecule has 1 unspecified atom stereocenters. The minimum atomic E-state index is -5.05. The molecule has 0 bridgehead atoms. The fraction of sp³-hybridized carbons (Fsp3) is 0.176. The van der Waals surface area contributed by atoms with Crippen molar-refractivity contribution < 1.29 is 23.1 Å². The monoisotopic (exact) mass is 455 g/mol. The Hall–Kier alpha value is -2.79. The molecule has 0 saturated heterocycles. The van der Waals surface area contributed by atoms with Crippen molar-refractivity contribution in [2.24, 2.45) is 0 Å². The highest BCUT2D eigenvalue weighted by Crippen LogP contribution is 2.42. The van der Waals surface area contributed by atoms with E-state index >= 15 is 0 Å². The molecule has 0 aliphatic rings. The molecule has 28 heavy (non-hydrogen) atoms. The highest BCUT2D eigenvalue weighted by Gasteiger charge is 2.56. The fourth-order valence-corrected chi connectivity index (χ4v) is 2.95. The molecule has 3 N–H and O–H groups in total. The molecule has 0 spiro atoms. The van der Waals surface area contributed by atoms with Crippen LogP contribution in [0.5, 0.6) is 0 Å². The Labute approximate surface area is 165 Å². The predicted octanol–water partition coefficient (Wildman–Crippen LogP) is 3.41. The molecule has 1 atom stereocenters. The first-order chi connectivity index (χ1) is 13.2. The molecule has 3 aromatic rings. The number of hydrogen-bond donors (Lipinski definition) is 3. The van der Waals surface area contributed by atoms with E-state index in [2.05, 4.69) is 41.9 Å². The van der Waals surface area contributed by atoms with Gasteiger partial charge in [-0.1, -0.05) is 46.3 Å².